The Bertz CT molecular complexity index is 123. The van der Waals surface area contributed by atoms with Crippen molar-refractivity contribution in [1.29, 1.82) is 0 Å². The molecule has 2 atom stereocenters. The summed E-state index contributed by atoms with van der Waals surface area (Å²) in [6.45, 7) is 7.16. The van der Waals surface area contributed by atoms with Crippen molar-refractivity contribution in [3.8, 4) is 0 Å². The zero-order valence-corrected chi connectivity index (χ0v) is 11.0. The van der Waals surface area contributed by atoms with Crippen molar-refractivity contribution >= 4 is 0 Å². The molecule has 0 aromatic rings. The second kappa shape index (κ2) is 10.5. The van der Waals surface area contributed by atoms with Gasteiger partial charge in [-0.15, -0.1) is 0 Å². The summed E-state index contributed by atoms with van der Waals surface area (Å²) in [6, 6.07) is 0. The summed E-state index contributed by atoms with van der Waals surface area (Å²) in [7, 11) is 0. The fourth-order valence-corrected chi connectivity index (χ4v) is 2.33. The molecule has 1 heteroatoms. The molecule has 0 saturated carbocycles. The Morgan fingerprint density at radius 1 is 0.867 bits per heavy atom. The molecule has 0 heterocycles. The van der Waals surface area contributed by atoms with E-state index in [0.29, 0.717) is 12.5 Å². The topological polar surface area (TPSA) is 20.2 Å². The monoisotopic (exact) mass is 214 g/mol. The van der Waals surface area contributed by atoms with E-state index < -0.39 is 0 Å². The summed E-state index contributed by atoms with van der Waals surface area (Å²) < 4.78 is 0. The fraction of sp³-hybridized carbons (Fsp3) is 1.00. The van der Waals surface area contributed by atoms with Gasteiger partial charge in [-0.3, -0.25) is 0 Å². The molecule has 0 amide bonds. The van der Waals surface area contributed by atoms with Gasteiger partial charge in [-0.1, -0.05) is 59.3 Å². The molecule has 1 N–H and O–H groups in total. The van der Waals surface area contributed by atoms with Crippen molar-refractivity contribution in [2.45, 2.75) is 72.1 Å². The van der Waals surface area contributed by atoms with E-state index in [2.05, 4.69) is 20.8 Å². The molecule has 0 bridgehead atoms. The van der Waals surface area contributed by atoms with Crippen LogP contribution in [0.4, 0.5) is 0 Å². The van der Waals surface area contributed by atoms with E-state index in [0.717, 1.165) is 5.92 Å². The van der Waals surface area contributed by atoms with E-state index in [1.165, 1.54) is 51.4 Å². The lowest BCUT2D eigenvalue weighted by atomic mass is 9.87. The van der Waals surface area contributed by atoms with E-state index in [1.54, 1.807) is 0 Å². The molecule has 0 rings (SSSR count). The number of unbranched alkanes of at least 4 members (excludes halogenated alkanes) is 2. The van der Waals surface area contributed by atoms with Crippen LogP contribution in [0.25, 0.3) is 0 Å². The Hall–Kier alpha value is -0.0400. The third-order valence-electron chi connectivity index (χ3n) is 3.42. The SMILES string of the molecule is CCCCCC(CO)CC(CC)CCC. The Balaban J connectivity index is 3.73. The van der Waals surface area contributed by atoms with Crippen LogP contribution < -0.4 is 0 Å². The summed E-state index contributed by atoms with van der Waals surface area (Å²) in [4.78, 5) is 0. The molecular formula is C14H30O. The van der Waals surface area contributed by atoms with Crippen LogP contribution in [0.3, 0.4) is 0 Å². The standard InChI is InChI=1S/C14H30O/c1-4-7-8-10-14(12-15)11-13(6-3)9-5-2/h13-15H,4-12H2,1-3H3. The maximum Gasteiger partial charge on any atom is 0.0459 e. The second-order valence-electron chi connectivity index (χ2n) is 4.84. The Morgan fingerprint density at radius 2 is 1.60 bits per heavy atom. The molecule has 0 radical (unpaired) electrons. The Morgan fingerprint density at radius 3 is 2.07 bits per heavy atom. The first-order chi connectivity index (χ1) is 7.28. The summed E-state index contributed by atoms with van der Waals surface area (Å²) in [6.07, 6.45) is 10.3. The van der Waals surface area contributed by atoms with Gasteiger partial charge in [0, 0.05) is 6.61 Å². The van der Waals surface area contributed by atoms with Crippen molar-refractivity contribution < 1.29 is 5.11 Å². The quantitative estimate of drug-likeness (QED) is 0.535. The van der Waals surface area contributed by atoms with Crippen molar-refractivity contribution in [3.63, 3.8) is 0 Å². The summed E-state index contributed by atoms with van der Waals surface area (Å²) in [5, 5.41) is 9.34. The van der Waals surface area contributed by atoms with Gasteiger partial charge in [0.1, 0.15) is 0 Å². The molecule has 0 aromatic carbocycles. The molecule has 0 aliphatic carbocycles. The van der Waals surface area contributed by atoms with Crippen LogP contribution in [-0.4, -0.2) is 11.7 Å². The van der Waals surface area contributed by atoms with Gasteiger partial charge in [0.25, 0.3) is 0 Å². The second-order valence-corrected chi connectivity index (χ2v) is 4.84. The van der Waals surface area contributed by atoms with Crippen molar-refractivity contribution in [2.75, 3.05) is 6.61 Å². The van der Waals surface area contributed by atoms with Crippen molar-refractivity contribution in [3.05, 3.63) is 0 Å². The molecule has 0 spiro atoms. The molecule has 0 saturated heterocycles. The molecule has 0 aliphatic rings. The highest BCUT2D eigenvalue weighted by Gasteiger charge is 2.13. The summed E-state index contributed by atoms with van der Waals surface area (Å²) in [5.74, 6) is 1.40. The lowest BCUT2D eigenvalue weighted by molar-refractivity contribution is 0.184. The van der Waals surface area contributed by atoms with Gasteiger partial charge in [-0.2, -0.15) is 0 Å². The minimum atomic E-state index is 0.393. The average Bonchev–Trinajstić information content (AvgIpc) is 2.26. The lowest BCUT2D eigenvalue weighted by Crippen LogP contribution is -2.12. The van der Waals surface area contributed by atoms with E-state index in [1.807, 2.05) is 0 Å². The number of aliphatic hydroxyl groups is 1. The molecular weight excluding hydrogens is 184 g/mol. The van der Waals surface area contributed by atoms with Crippen LogP contribution in [0.2, 0.25) is 0 Å². The predicted octanol–water partition coefficient (Wildman–Crippen LogP) is 4.39. The maximum atomic E-state index is 9.34. The van der Waals surface area contributed by atoms with Crippen LogP contribution in [0, 0.1) is 11.8 Å². The summed E-state index contributed by atoms with van der Waals surface area (Å²) in [5.41, 5.74) is 0. The normalized spacial score (nSPS) is 15.2. The smallest absolute Gasteiger partial charge is 0.0459 e. The minimum absolute atomic E-state index is 0.393. The van der Waals surface area contributed by atoms with Crippen molar-refractivity contribution in [1.82, 2.24) is 0 Å². The highest BCUT2D eigenvalue weighted by molar-refractivity contribution is 4.65. The highest BCUT2D eigenvalue weighted by Crippen LogP contribution is 2.24. The molecule has 92 valence electrons. The molecule has 15 heavy (non-hydrogen) atoms. The first-order valence-corrected chi connectivity index (χ1v) is 6.89. The van der Waals surface area contributed by atoms with Gasteiger partial charge in [-0.05, 0) is 24.7 Å². The molecule has 0 aromatic heterocycles. The van der Waals surface area contributed by atoms with Crippen LogP contribution in [0.1, 0.15) is 72.1 Å². The Kier molecular flexibility index (Phi) is 10.4. The largest absolute Gasteiger partial charge is 0.396 e. The van der Waals surface area contributed by atoms with Crippen LogP contribution >= 0.6 is 0 Å². The van der Waals surface area contributed by atoms with Gasteiger partial charge >= 0.3 is 0 Å². The highest BCUT2D eigenvalue weighted by atomic mass is 16.3. The van der Waals surface area contributed by atoms with Gasteiger partial charge in [0.05, 0.1) is 0 Å². The zero-order valence-electron chi connectivity index (χ0n) is 11.0. The van der Waals surface area contributed by atoms with Gasteiger partial charge < -0.3 is 5.11 Å². The molecule has 0 fully saturated rings. The maximum absolute atomic E-state index is 9.34. The number of hydrogen-bond donors (Lipinski definition) is 1. The number of rotatable bonds is 10. The van der Waals surface area contributed by atoms with E-state index >= 15 is 0 Å². The first-order valence-electron chi connectivity index (χ1n) is 6.89. The third kappa shape index (κ3) is 7.84. The van der Waals surface area contributed by atoms with Gasteiger partial charge in [0.15, 0.2) is 0 Å². The molecule has 0 aliphatic heterocycles. The summed E-state index contributed by atoms with van der Waals surface area (Å²) >= 11 is 0. The average molecular weight is 214 g/mol. The fourth-order valence-electron chi connectivity index (χ4n) is 2.33. The van der Waals surface area contributed by atoms with Crippen LogP contribution in [0.5, 0.6) is 0 Å². The lowest BCUT2D eigenvalue weighted by Gasteiger charge is -2.20. The van der Waals surface area contributed by atoms with Crippen LogP contribution in [-0.2, 0) is 0 Å². The van der Waals surface area contributed by atoms with Crippen LogP contribution in [0.15, 0.2) is 0 Å². The zero-order chi connectivity index (χ0) is 11.5. The number of aliphatic hydroxyl groups excluding tert-OH is 1. The van der Waals surface area contributed by atoms with Crippen molar-refractivity contribution in [2.24, 2.45) is 11.8 Å². The van der Waals surface area contributed by atoms with Gasteiger partial charge in [-0.25, -0.2) is 0 Å². The van der Waals surface area contributed by atoms with E-state index in [-0.39, 0.29) is 0 Å². The predicted molar refractivity (Wildman–Crippen MR) is 68.0 cm³/mol. The Labute approximate surface area is 96.3 Å². The molecule has 2 unspecified atom stereocenters. The minimum Gasteiger partial charge on any atom is -0.396 e. The first kappa shape index (κ1) is 15.0. The third-order valence-corrected chi connectivity index (χ3v) is 3.42. The van der Waals surface area contributed by atoms with E-state index in [9.17, 15) is 5.11 Å². The number of hydrogen-bond acceptors (Lipinski definition) is 1. The van der Waals surface area contributed by atoms with E-state index in [4.69, 9.17) is 0 Å². The molecule has 1 nitrogen and oxygen atoms in total. The van der Waals surface area contributed by atoms with Gasteiger partial charge in [0.2, 0.25) is 0 Å².